The average molecular weight is 263 g/mol. The molecule has 0 N–H and O–H groups in total. The summed E-state index contributed by atoms with van der Waals surface area (Å²) in [4.78, 5) is 10.5. The molecule has 0 spiro atoms. The standard InChI is InChI=1S/C13H9ClNO3/c1-18-11-4-2-3-9(7-11)12-8-10(14)5-6-13(12)15(16)17/h2,4-8H,1H3. The molecule has 2 aromatic rings. The predicted octanol–water partition coefficient (Wildman–Crippen LogP) is 3.72. The summed E-state index contributed by atoms with van der Waals surface area (Å²) < 4.78 is 5.08. The zero-order valence-corrected chi connectivity index (χ0v) is 10.3. The summed E-state index contributed by atoms with van der Waals surface area (Å²) in [6.45, 7) is 0. The van der Waals surface area contributed by atoms with Gasteiger partial charge < -0.3 is 4.74 Å². The maximum atomic E-state index is 11.0. The van der Waals surface area contributed by atoms with Gasteiger partial charge in [-0.05, 0) is 30.3 Å². The number of nitrogens with zero attached hydrogens (tertiary/aromatic N) is 1. The predicted molar refractivity (Wildman–Crippen MR) is 68.9 cm³/mol. The number of ether oxygens (including phenoxy) is 1. The monoisotopic (exact) mass is 262 g/mol. The smallest absolute Gasteiger partial charge is 0.277 e. The van der Waals surface area contributed by atoms with E-state index in [9.17, 15) is 10.1 Å². The number of nitro groups is 1. The molecule has 0 aliphatic carbocycles. The molecule has 4 nitrogen and oxygen atoms in total. The Morgan fingerprint density at radius 2 is 2.11 bits per heavy atom. The van der Waals surface area contributed by atoms with Crippen LogP contribution in [0, 0.1) is 16.2 Å². The Morgan fingerprint density at radius 1 is 1.33 bits per heavy atom. The SMILES string of the molecule is COc1cc[c]c(-c2cc(Cl)ccc2[N+](=O)[O-])c1. The van der Waals surface area contributed by atoms with Crippen molar-refractivity contribution in [2.24, 2.45) is 0 Å². The fraction of sp³-hybridized carbons (Fsp3) is 0.0769. The van der Waals surface area contributed by atoms with E-state index in [1.54, 1.807) is 24.3 Å². The van der Waals surface area contributed by atoms with Crippen molar-refractivity contribution in [3.63, 3.8) is 0 Å². The zero-order valence-electron chi connectivity index (χ0n) is 9.51. The number of methoxy groups -OCH3 is 1. The minimum Gasteiger partial charge on any atom is -0.497 e. The summed E-state index contributed by atoms with van der Waals surface area (Å²) in [7, 11) is 1.53. The van der Waals surface area contributed by atoms with Gasteiger partial charge in [0.05, 0.1) is 17.6 Å². The van der Waals surface area contributed by atoms with Gasteiger partial charge in [-0.25, -0.2) is 0 Å². The lowest BCUT2D eigenvalue weighted by Gasteiger charge is -2.05. The third-order valence-electron chi connectivity index (χ3n) is 2.45. The molecule has 0 saturated heterocycles. The maximum absolute atomic E-state index is 11.0. The first-order valence-corrected chi connectivity index (χ1v) is 5.49. The van der Waals surface area contributed by atoms with E-state index >= 15 is 0 Å². The van der Waals surface area contributed by atoms with E-state index in [2.05, 4.69) is 6.07 Å². The molecule has 5 heteroatoms. The number of nitro benzene ring substituents is 1. The van der Waals surface area contributed by atoms with E-state index in [-0.39, 0.29) is 5.69 Å². The highest BCUT2D eigenvalue weighted by molar-refractivity contribution is 6.31. The van der Waals surface area contributed by atoms with Crippen LogP contribution >= 0.6 is 11.6 Å². The number of halogens is 1. The van der Waals surface area contributed by atoms with Gasteiger partial charge in [-0.2, -0.15) is 0 Å². The second kappa shape index (κ2) is 5.06. The normalized spacial score (nSPS) is 10.1. The van der Waals surface area contributed by atoms with Crippen LogP contribution in [-0.4, -0.2) is 12.0 Å². The first kappa shape index (κ1) is 12.4. The molecule has 0 unspecified atom stereocenters. The van der Waals surface area contributed by atoms with Crippen LogP contribution in [0.5, 0.6) is 5.75 Å². The second-order valence-corrected chi connectivity index (χ2v) is 4.00. The Bertz CT molecular complexity index is 599. The highest BCUT2D eigenvalue weighted by atomic mass is 35.5. The van der Waals surface area contributed by atoms with Gasteiger partial charge in [0.15, 0.2) is 0 Å². The van der Waals surface area contributed by atoms with Gasteiger partial charge in [-0.3, -0.25) is 10.1 Å². The molecule has 2 rings (SSSR count). The van der Waals surface area contributed by atoms with Crippen molar-refractivity contribution in [2.45, 2.75) is 0 Å². The molecule has 0 bridgehead atoms. The van der Waals surface area contributed by atoms with Crippen LogP contribution in [0.4, 0.5) is 5.69 Å². The minimum atomic E-state index is -0.445. The molecule has 2 aromatic carbocycles. The van der Waals surface area contributed by atoms with Crippen molar-refractivity contribution >= 4 is 17.3 Å². The highest BCUT2D eigenvalue weighted by Gasteiger charge is 2.16. The summed E-state index contributed by atoms with van der Waals surface area (Å²) in [5.41, 5.74) is 0.985. The Hall–Kier alpha value is -2.07. The summed E-state index contributed by atoms with van der Waals surface area (Å²) in [5, 5.41) is 11.4. The van der Waals surface area contributed by atoms with E-state index < -0.39 is 4.92 Å². The minimum absolute atomic E-state index is 0.0103. The molecule has 0 fully saturated rings. The molecule has 0 aliphatic heterocycles. The van der Waals surface area contributed by atoms with E-state index in [1.165, 1.54) is 19.2 Å². The van der Waals surface area contributed by atoms with Gasteiger partial charge in [0, 0.05) is 16.7 Å². The Morgan fingerprint density at radius 3 is 2.78 bits per heavy atom. The molecule has 0 aromatic heterocycles. The van der Waals surface area contributed by atoms with Crippen LogP contribution < -0.4 is 4.74 Å². The third-order valence-corrected chi connectivity index (χ3v) is 2.69. The Labute approximate surface area is 109 Å². The molecular formula is C13H9ClNO3. The van der Waals surface area contributed by atoms with Gasteiger partial charge in [0.25, 0.3) is 5.69 Å². The lowest BCUT2D eigenvalue weighted by atomic mass is 10.0. The Kier molecular flexibility index (Phi) is 3.48. The van der Waals surface area contributed by atoms with Crippen LogP contribution in [-0.2, 0) is 0 Å². The van der Waals surface area contributed by atoms with Crippen molar-refractivity contribution in [3.05, 3.63) is 57.6 Å². The van der Waals surface area contributed by atoms with Crippen molar-refractivity contribution < 1.29 is 9.66 Å². The maximum Gasteiger partial charge on any atom is 0.277 e. The highest BCUT2D eigenvalue weighted by Crippen LogP contribution is 2.33. The van der Waals surface area contributed by atoms with Crippen LogP contribution in [0.1, 0.15) is 0 Å². The molecule has 91 valence electrons. The lowest BCUT2D eigenvalue weighted by molar-refractivity contribution is -0.384. The number of benzene rings is 2. The summed E-state index contributed by atoms with van der Waals surface area (Å²) >= 11 is 5.88. The second-order valence-electron chi connectivity index (χ2n) is 3.56. The molecule has 1 radical (unpaired) electrons. The number of rotatable bonds is 3. The van der Waals surface area contributed by atoms with E-state index in [0.29, 0.717) is 21.9 Å². The van der Waals surface area contributed by atoms with Crippen molar-refractivity contribution in [1.29, 1.82) is 0 Å². The van der Waals surface area contributed by atoms with Crippen molar-refractivity contribution in [1.82, 2.24) is 0 Å². The average Bonchev–Trinajstić information content (AvgIpc) is 2.38. The van der Waals surface area contributed by atoms with Gasteiger partial charge in [0.2, 0.25) is 0 Å². The van der Waals surface area contributed by atoms with Crippen molar-refractivity contribution in [2.75, 3.05) is 7.11 Å². The molecule has 18 heavy (non-hydrogen) atoms. The molecule has 0 amide bonds. The molecule has 0 heterocycles. The zero-order chi connectivity index (χ0) is 13.1. The van der Waals surface area contributed by atoms with Gasteiger partial charge in [-0.1, -0.05) is 17.7 Å². The molecular weight excluding hydrogens is 254 g/mol. The first-order valence-electron chi connectivity index (χ1n) is 5.12. The van der Waals surface area contributed by atoms with Gasteiger partial charge in [-0.15, -0.1) is 0 Å². The number of hydrogen-bond donors (Lipinski definition) is 0. The van der Waals surface area contributed by atoms with Crippen LogP contribution in [0.3, 0.4) is 0 Å². The summed E-state index contributed by atoms with van der Waals surface area (Å²) in [6, 6.07) is 12.4. The van der Waals surface area contributed by atoms with E-state index in [0.717, 1.165) is 0 Å². The lowest BCUT2D eigenvalue weighted by Crippen LogP contribution is -1.92. The van der Waals surface area contributed by atoms with Gasteiger partial charge in [0.1, 0.15) is 5.75 Å². The third kappa shape index (κ3) is 2.43. The van der Waals surface area contributed by atoms with Crippen LogP contribution in [0.25, 0.3) is 11.1 Å². The first-order chi connectivity index (χ1) is 8.61. The quantitative estimate of drug-likeness (QED) is 0.626. The van der Waals surface area contributed by atoms with Gasteiger partial charge >= 0.3 is 0 Å². The fourth-order valence-electron chi connectivity index (χ4n) is 1.61. The fourth-order valence-corrected chi connectivity index (χ4v) is 1.78. The number of hydrogen-bond acceptors (Lipinski definition) is 3. The largest absolute Gasteiger partial charge is 0.497 e. The molecule has 0 atom stereocenters. The Balaban J connectivity index is 2.61. The van der Waals surface area contributed by atoms with E-state index in [1.807, 2.05) is 0 Å². The van der Waals surface area contributed by atoms with Crippen LogP contribution in [0.15, 0.2) is 36.4 Å². The van der Waals surface area contributed by atoms with Crippen molar-refractivity contribution in [3.8, 4) is 16.9 Å². The molecule has 0 saturated carbocycles. The summed E-state index contributed by atoms with van der Waals surface area (Å²) in [6.07, 6.45) is 0. The van der Waals surface area contributed by atoms with Crippen LogP contribution in [0.2, 0.25) is 5.02 Å². The summed E-state index contributed by atoms with van der Waals surface area (Å²) in [5.74, 6) is 0.609. The topological polar surface area (TPSA) is 52.4 Å². The molecule has 0 aliphatic rings. The van der Waals surface area contributed by atoms with E-state index in [4.69, 9.17) is 16.3 Å².